The topological polar surface area (TPSA) is 40.8 Å². The van der Waals surface area contributed by atoms with Crippen LogP contribution < -0.4 is 14.2 Å². The van der Waals surface area contributed by atoms with Crippen LogP contribution in [0.4, 0.5) is 0 Å². The second-order valence-corrected chi connectivity index (χ2v) is 5.19. The van der Waals surface area contributed by atoms with Crippen LogP contribution >= 0.6 is 15.9 Å². The molecule has 0 aliphatic carbocycles. The fraction of sp³-hybridized carbons (Fsp3) is 0.333. The summed E-state index contributed by atoms with van der Waals surface area (Å²) in [5.41, 5.74) is 1.93. The van der Waals surface area contributed by atoms with E-state index in [1.54, 1.807) is 27.6 Å². The van der Waals surface area contributed by atoms with E-state index in [4.69, 9.17) is 18.6 Å². The van der Waals surface area contributed by atoms with Gasteiger partial charge in [-0.25, -0.2) is 0 Å². The molecule has 1 unspecified atom stereocenters. The predicted molar refractivity (Wildman–Crippen MR) is 80.3 cm³/mol. The Labute approximate surface area is 126 Å². The molecule has 0 aliphatic heterocycles. The number of hydrogen-bond donors (Lipinski definition) is 0. The Morgan fingerprint density at radius 1 is 1.05 bits per heavy atom. The maximum absolute atomic E-state index is 5.55. The molecule has 0 amide bonds. The van der Waals surface area contributed by atoms with Crippen LogP contribution in [-0.2, 0) is 0 Å². The molecule has 5 heteroatoms. The molecule has 0 saturated heterocycles. The monoisotopic (exact) mass is 340 g/mol. The Hall–Kier alpha value is -1.62. The van der Waals surface area contributed by atoms with Gasteiger partial charge in [-0.3, -0.25) is 0 Å². The van der Waals surface area contributed by atoms with Crippen molar-refractivity contribution in [1.82, 2.24) is 0 Å². The average molecular weight is 341 g/mol. The van der Waals surface area contributed by atoms with E-state index < -0.39 is 0 Å². The Balaban J connectivity index is 2.57. The highest BCUT2D eigenvalue weighted by Gasteiger charge is 2.25. The molecule has 1 atom stereocenters. The molecule has 1 aromatic carbocycles. The fourth-order valence-electron chi connectivity index (χ4n) is 2.06. The van der Waals surface area contributed by atoms with Gasteiger partial charge in [0.25, 0.3) is 0 Å². The lowest BCUT2D eigenvalue weighted by Gasteiger charge is -2.18. The van der Waals surface area contributed by atoms with E-state index in [0.29, 0.717) is 17.2 Å². The molecule has 0 radical (unpaired) electrons. The van der Waals surface area contributed by atoms with Gasteiger partial charge >= 0.3 is 0 Å². The smallest absolute Gasteiger partial charge is 0.131 e. The summed E-state index contributed by atoms with van der Waals surface area (Å²) in [5, 5.41) is 0. The molecular weight excluding hydrogens is 324 g/mol. The van der Waals surface area contributed by atoms with Crippen molar-refractivity contribution < 1.29 is 18.6 Å². The van der Waals surface area contributed by atoms with Gasteiger partial charge in [-0.15, -0.1) is 0 Å². The van der Waals surface area contributed by atoms with E-state index in [-0.39, 0.29) is 4.83 Å². The van der Waals surface area contributed by atoms with Crippen LogP contribution in [-0.4, -0.2) is 21.3 Å². The number of halogens is 1. The zero-order chi connectivity index (χ0) is 14.7. The Kier molecular flexibility index (Phi) is 4.60. The first kappa shape index (κ1) is 14.8. The summed E-state index contributed by atoms with van der Waals surface area (Å²) in [6.07, 6.45) is 1.67. The van der Waals surface area contributed by atoms with Crippen molar-refractivity contribution in [1.29, 1.82) is 0 Å². The van der Waals surface area contributed by atoms with Gasteiger partial charge in [0.15, 0.2) is 0 Å². The summed E-state index contributed by atoms with van der Waals surface area (Å²) in [5.74, 6) is 2.86. The number of hydrogen-bond acceptors (Lipinski definition) is 4. The molecule has 1 heterocycles. The van der Waals surface area contributed by atoms with Crippen molar-refractivity contribution in [3.63, 3.8) is 0 Å². The fourth-order valence-corrected chi connectivity index (χ4v) is 2.98. The Bertz CT molecular complexity index is 566. The molecule has 0 bridgehead atoms. The first-order valence-electron chi connectivity index (χ1n) is 6.10. The van der Waals surface area contributed by atoms with Crippen molar-refractivity contribution in [2.45, 2.75) is 11.8 Å². The highest BCUT2D eigenvalue weighted by atomic mass is 79.9. The SMILES string of the molecule is COc1cc(OC)c(C(Br)c2occc2C)c(OC)c1. The lowest BCUT2D eigenvalue weighted by atomic mass is 10.0. The zero-order valence-corrected chi connectivity index (χ0v) is 13.5. The first-order chi connectivity index (χ1) is 9.62. The van der Waals surface area contributed by atoms with E-state index in [9.17, 15) is 0 Å². The number of alkyl halides is 1. The third-order valence-electron chi connectivity index (χ3n) is 3.14. The van der Waals surface area contributed by atoms with E-state index in [0.717, 1.165) is 16.9 Å². The van der Waals surface area contributed by atoms with Gasteiger partial charge in [0, 0.05) is 12.1 Å². The van der Waals surface area contributed by atoms with Crippen LogP contribution in [0.15, 0.2) is 28.9 Å². The average Bonchev–Trinajstić information content (AvgIpc) is 2.91. The van der Waals surface area contributed by atoms with Gasteiger partial charge in [-0.2, -0.15) is 0 Å². The van der Waals surface area contributed by atoms with Gasteiger partial charge < -0.3 is 18.6 Å². The lowest BCUT2D eigenvalue weighted by molar-refractivity contribution is 0.367. The quantitative estimate of drug-likeness (QED) is 0.768. The highest BCUT2D eigenvalue weighted by Crippen LogP contribution is 2.45. The lowest BCUT2D eigenvalue weighted by Crippen LogP contribution is -2.02. The van der Waals surface area contributed by atoms with Gasteiger partial charge in [0.05, 0.1) is 33.2 Å². The molecule has 1 aromatic heterocycles. The molecule has 0 spiro atoms. The second kappa shape index (κ2) is 6.22. The summed E-state index contributed by atoms with van der Waals surface area (Å²) in [7, 11) is 4.84. The van der Waals surface area contributed by atoms with Crippen LogP contribution in [0.2, 0.25) is 0 Å². The molecule has 2 aromatic rings. The largest absolute Gasteiger partial charge is 0.496 e. The van der Waals surface area contributed by atoms with Crippen LogP contribution in [0, 0.1) is 6.92 Å². The highest BCUT2D eigenvalue weighted by molar-refractivity contribution is 9.09. The normalized spacial score (nSPS) is 12.1. The summed E-state index contributed by atoms with van der Waals surface area (Å²) in [6.45, 7) is 2.00. The van der Waals surface area contributed by atoms with Crippen molar-refractivity contribution >= 4 is 15.9 Å². The summed E-state index contributed by atoms with van der Waals surface area (Å²) in [6, 6.07) is 5.57. The van der Waals surface area contributed by atoms with Crippen molar-refractivity contribution in [3.05, 3.63) is 41.3 Å². The third-order valence-corrected chi connectivity index (χ3v) is 4.01. The molecule has 20 heavy (non-hydrogen) atoms. The van der Waals surface area contributed by atoms with Crippen LogP contribution in [0.5, 0.6) is 17.2 Å². The molecule has 0 N–H and O–H groups in total. The van der Waals surface area contributed by atoms with Gasteiger partial charge in [0.1, 0.15) is 27.8 Å². The maximum atomic E-state index is 5.55. The predicted octanol–water partition coefficient (Wildman–Crippen LogP) is 4.10. The number of rotatable bonds is 5. The van der Waals surface area contributed by atoms with Gasteiger partial charge in [-0.1, -0.05) is 15.9 Å². The van der Waals surface area contributed by atoms with E-state index in [1.165, 1.54) is 0 Å². The number of aryl methyl sites for hydroxylation is 1. The Morgan fingerprint density at radius 3 is 2.05 bits per heavy atom. The first-order valence-corrected chi connectivity index (χ1v) is 7.01. The second-order valence-electron chi connectivity index (χ2n) is 4.28. The molecule has 2 rings (SSSR count). The number of benzene rings is 1. The summed E-state index contributed by atoms with van der Waals surface area (Å²) >= 11 is 3.66. The van der Waals surface area contributed by atoms with Gasteiger partial charge in [-0.05, 0) is 18.6 Å². The van der Waals surface area contributed by atoms with Crippen LogP contribution in [0.3, 0.4) is 0 Å². The van der Waals surface area contributed by atoms with Crippen LogP contribution in [0.1, 0.15) is 21.7 Å². The molecule has 0 aliphatic rings. The van der Waals surface area contributed by atoms with Crippen molar-refractivity contribution in [2.75, 3.05) is 21.3 Å². The maximum Gasteiger partial charge on any atom is 0.131 e. The Morgan fingerprint density at radius 2 is 1.65 bits per heavy atom. The number of methoxy groups -OCH3 is 3. The van der Waals surface area contributed by atoms with E-state index >= 15 is 0 Å². The molecule has 0 saturated carbocycles. The molecule has 4 nitrogen and oxygen atoms in total. The summed E-state index contributed by atoms with van der Waals surface area (Å²) in [4.78, 5) is -0.159. The van der Waals surface area contributed by atoms with Gasteiger partial charge in [0.2, 0.25) is 0 Å². The van der Waals surface area contributed by atoms with Crippen LogP contribution in [0.25, 0.3) is 0 Å². The minimum atomic E-state index is -0.159. The standard InChI is InChI=1S/C15H17BrO4/c1-9-5-6-20-15(9)14(16)13-11(18-3)7-10(17-2)8-12(13)19-4/h5-8,14H,1-4H3. The zero-order valence-electron chi connectivity index (χ0n) is 11.9. The van der Waals surface area contributed by atoms with Crippen molar-refractivity contribution in [3.8, 4) is 17.2 Å². The van der Waals surface area contributed by atoms with E-state index in [2.05, 4.69) is 15.9 Å². The number of ether oxygens (including phenoxy) is 3. The number of furan rings is 1. The molecular formula is C15H17BrO4. The minimum absolute atomic E-state index is 0.159. The molecule has 108 valence electrons. The molecule has 0 fully saturated rings. The van der Waals surface area contributed by atoms with E-state index in [1.807, 2.05) is 25.1 Å². The minimum Gasteiger partial charge on any atom is -0.496 e. The third kappa shape index (κ3) is 2.63. The summed E-state index contributed by atoms with van der Waals surface area (Å²) < 4.78 is 21.7. The van der Waals surface area contributed by atoms with Crippen molar-refractivity contribution in [2.24, 2.45) is 0 Å².